The van der Waals surface area contributed by atoms with Gasteiger partial charge in [-0.15, -0.1) is 11.6 Å². The number of halogens is 1. The highest BCUT2D eigenvalue weighted by atomic mass is 35.5. The van der Waals surface area contributed by atoms with Crippen LogP contribution in [-0.2, 0) is 29.5 Å². The molecule has 2 rings (SSSR count). The predicted octanol–water partition coefficient (Wildman–Crippen LogP) is 2.29. The van der Waals surface area contributed by atoms with Crippen LogP contribution in [0.2, 0.25) is 0 Å². The Kier molecular flexibility index (Phi) is 4.70. The molecule has 1 heterocycles. The van der Waals surface area contributed by atoms with E-state index in [4.69, 9.17) is 11.6 Å². The van der Waals surface area contributed by atoms with Crippen molar-refractivity contribution in [3.05, 3.63) is 47.3 Å². The van der Waals surface area contributed by atoms with Crippen molar-refractivity contribution in [3.8, 4) is 0 Å². The monoisotopic (exact) mass is 327 g/mol. The Morgan fingerprint density at radius 1 is 1.38 bits per heavy atom. The Hall–Kier alpha value is -1.37. The van der Waals surface area contributed by atoms with Crippen LogP contribution in [0.25, 0.3) is 0 Å². The van der Waals surface area contributed by atoms with E-state index in [2.05, 4.69) is 5.10 Å². The molecule has 0 spiro atoms. The summed E-state index contributed by atoms with van der Waals surface area (Å²) in [5.74, 6) is 0.293. The van der Waals surface area contributed by atoms with Gasteiger partial charge in [0.15, 0.2) is 0 Å². The molecule has 0 bridgehead atoms. The van der Waals surface area contributed by atoms with Gasteiger partial charge < -0.3 is 0 Å². The molecule has 114 valence electrons. The first-order valence-electron chi connectivity index (χ1n) is 6.44. The predicted molar refractivity (Wildman–Crippen MR) is 82.6 cm³/mol. The zero-order valence-corrected chi connectivity index (χ0v) is 13.8. The summed E-state index contributed by atoms with van der Waals surface area (Å²) in [7, 11) is -0.185. The highest BCUT2D eigenvalue weighted by Crippen LogP contribution is 2.21. The molecule has 0 aliphatic carbocycles. The summed E-state index contributed by atoms with van der Waals surface area (Å²) in [6.45, 7) is 2.19. The van der Waals surface area contributed by atoms with Crippen LogP contribution in [0.1, 0.15) is 16.7 Å². The van der Waals surface area contributed by atoms with Crippen LogP contribution >= 0.6 is 11.6 Å². The molecule has 0 N–H and O–H groups in total. The smallest absolute Gasteiger partial charge is 0.243 e. The van der Waals surface area contributed by atoms with Crippen LogP contribution in [0.5, 0.6) is 0 Å². The average Bonchev–Trinajstić information content (AvgIpc) is 2.84. The van der Waals surface area contributed by atoms with E-state index < -0.39 is 10.0 Å². The third kappa shape index (κ3) is 3.45. The lowest BCUT2D eigenvalue weighted by atomic mass is 10.1. The molecule has 0 unspecified atom stereocenters. The maximum Gasteiger partial charge on any atom is 0.243 e. The first-order valence-corrected chi connectivity index (χ1v) is 8.41. The summed E-state index contributed by atoms with van der Waals surface area (Å²) < 4.78 is 28.1. The molecular formula is C14H18ClN3O2S. The van der Waals surface area contributed by atoms with Gasteiger partial charge >= 0.3 is 0 Å². The number of hydrogen-bond donors (Lipinski definition) is 0. The van der Waals surface area contributed by atoms with Crippen molar-refractivity contribution >= 4 is 21.6 Å². The molecule has 5 nitrogen and oxygen atoms in total. The number of sulfonamides is 1. The number of aromatic nitrogens is 2. The Balaban J connectivity index is 2.28. The summed E-state index contributed by atoms with van der Waals surface area (Å²) in [4.78, 5) is 0.259. The summed E-state index contributed by atoms with van der Waals surface area (Å²) in [5.41, 5.74) is 2.65. The summed E-state index contributed by atoms with van der Waals surface area (Å²) in [5, 5.41) is 4.04. The van der Waals surface area contributed by atoms with E-state index in [0.29, 0.717) is 5.88 Å². The van der Waals surface area contributed by atoms with Gasteiger partial charge in [0.25, 0.3) is 0 Å². The molecule has 0 amide bonds. The second kappa shape index (κ2) is 6.17. The second-order valence-electron chi connectivity index (χ2n) is 5.01. The number of rotatable bonds is 5. The third-order valence-corrected chi connectivity index (χ3v) is 5.42. The topological polar surface area (TPSA) is 55.2 Å². The molecule has 0 atom stereocenters. The van der Waals surface area contributed by atoms with Gasteiger partial charge in [-0.3, -0.25) is 4.68 Å². The summed E-state index contributed by atoms with van der Waals surface area (Å²) >= 11 is 5.85. The molecule has 1 aromatic heterocycles. The number of alkyl halides is 1. The van der Waals surface area contributed by atoms with Crippen LogP contribution in [0.15, 0.2) is 35.5 Å². The quantitative estimate of drug-likeness (QED) is 0.792. The van der Waals surface area contributed by atoms with Crippen LogP contribution in [-0.4, -0.2) is 29.6 Å². The van der Waals surface area contributed by atoms with E-state index in [0.717, 1.165) is 16.7 Å². The fourth-order valence-electron chi connectivity index (χ4n) is 2.03. The van der Waals surface area contributed by atoms with Gasteiger partial charge in [0.2, 0.25) is 10.0 Å². The molecule has 0 aliphatic heterocycles. The van der Waals surface area contributed by atoms with Crippen molar-refractivity contribution in [2.45, 2.75) is 24.2 Å². The van der Waals surface area contributed by atoms with E-state index >= 15 is 0 Å². The lowest BCUT2D eigenvalue weighted by molar-refractivity contribution is 0.466. The molecule has 1 aromatic carbocycles. The minimum atomic E-state index is -3.54. The minimum absolute atomic E-state index is 0.259. The van der Waals surface area contributed by atoms with Gasteiger partial charge in [0.1, 0.15) is 0 Å². The van der Waals surface area contributed by atoms with E-state index in [1.807, 2.05) is 6.92 Å². The largest absolute Gasteiger partial charge is 0.275 e. The zero-order valence-electron chi connectivity index (χ0n) is 12.2. The Morgan fingerprint density at radius 3 is 2.67 bits per heavy atom. The Labute approximate surface area is 130 Å². The van der Waals surface area contributed by atoms with Crippen molar-refractivity contribution in [3.63, 3.8) is 0 Å². The normalized spacial score (nSPS) is 12.0. The SMILES string of the molecule is Cc1ccc(S(=O)(=O)N(C)Cc2cnn(C)c2)cc1CCl. The molecular weight excluding hydrogens is 310 g/mol. The lowest BCUT2D eigenvalue weighted by Crippen LogP contribution is -2.26. The van der Waals surface area contributed by atoms with Crippen molar-refractivity contribution in [1.29, 1.82) is 0 Å². The van der Waals surface area contributed by atoms with Gasteiger partial charge in [0, 0.05) is 38.3 Å². The highest BCUT2D eigenvalue weighted by molar-refractivity contribution is 7.89. The number of aryl methyl sites for hydroxylation is 2. The van der Waals surface area contributed by atoms with Gasteiger partial charge in [-0.25, -0.2) is 8.42 Å². The number of hydrogen-bond acceptors (Lipinski definition) is 3. The molecule has 0 saturated carbocycles. The van der Waals surface area contributed by atoms with E-state index in [1.54, 1.807) is 49.4 Å². The second-order valence-corrected chi connectivity index (χ2v) is 7.32. The van der Waals surface area contributed by atoms with Crippen LogP contribution in [0, 0.1) is 6.92 Å². The van der Waals surface area contributed by atoms with Crippen molar-refractivity contribution in [2.75, 3.05) is 7.05 Å². The van der Waals surface area contributed by atoms with Gasteiger partial charge in [0.05, 0.1) is 11.1 Å². The van der Waals surface area contributed by atoms with Crippen molar-refractivity contribution in [2.24, 2.45) is 7.05 Å². The molecule has 2 aromatic rings. The molecule has 0 radical (unpaired) electrons. The van der Waals surface area contributed by atoms with Crippen molar-refractivity contribution < 1.29 is 8.42 Å². The Bertz CT molecular complexity index is 740. The van der Waals surface area contributed by atoms with E-state index in [-0.39, 0.29) is 11.4 Å². The molecule has 7 heteroatoms. The third-order valence-electron chi connectivity index (χ3n) is 3.34. The fraction of sp³-hybridized carbons (Fsp3) is 0.357. The summed E-state index contributed by atoms with van der Waals surface area (Å²) in [6, 6.07) is 5.03. The fourth-order valence-corrected chi connectivity index (χ4v) is 3.53. The van der Waals surface area contributed by atoms with Crippen LogP contribution < -0.4 is 0 Å². The van der Waals surface area contributed by atoms with E-state index in [1.165, 1.54) is 4.31 Å². The minimum Gasteiger partial charge on any atom is -0.275 e. The first kappa shape index (κ1) is 16.0. The number of benzene rings is 1. The van der Waals surface area contributed by atoms with Gasteiger partial charge in [-0.05, 0) is 30.2 Å². The van der Waals surface area contributed by atoms with E-state index in [9.17, 15) is 8.42 Å². The molecule has 0 aliphatic rings. The first-order chi connectivity index (χ1) is 9.84. The standard InChI is InChI=1S/C14H18ClN3O2S/c1-11-4-5-14(6-13(11)7-15)21(19,20)18(3)10-12-8-16-17(2)9-12/h4-6,8-9H,7,10H2,1-3H3. The number of nitrogens with zero attached hydrogens (tertiary/aromatic N) is 3. The van der Waals surface area contributed by atoms with Crippen LogP contribution in [0.3, 0.4) is 0 Å². The molecule has 21 heavy (non-hydrogen) atoms. The zero-order chi connectivity index (χ0) is 15.6. The maximum atomic E-state index is 12.6. The summed E-state index contributed by atoms with van der Waals surface area (Å²) in [6.07, 6.45) is 3.46. The molecule has 0 fully saturated rings. The van der Waals surface area contributed by atoms with Gasteiger partial charge in [-0.1, -0.05) is 6.07 Å². The Morgan fingerprint density at radius 2 is 2.10 bits per heavy atom. The van der Waals surface area contributed by atoms with Gasteiger partial charge in [-0.2, -0.15) is 9.40 Å². The van der Waals surface area contributed by atoms with Crippen LogP contribution in [0.4, 0.5) is 0 Å². The lowest BCUT2D eigenvalue weighted by Gasteiger charge is -2.17. The average molecular weight is 328 g/mol. The highest BCUT2D eigenvalue weighted by Gasteiger charge is 2.22. The molecule has 0 saturated heterocycles. The maximum absolute atomic E-state index is 12.6. The van der Waals surface area contributed by atoms with Crippen molar-refractivity contribution in [1.82, 2.24) is 14.1 Å².